The highest BCUT2D eigenvalue weighted by Crippen LogP contribution is 2.32. The largest absolute Gasteiger partial charge is 0.435 e. The number of anilines is 1. The van der Waals surface area contributed by atoms with E-state index in [1.807, 2.05) is 0 Å². The summed E-state index contributed by atoms with van der Waals surface area (Å²) in [7, 11) is 0. The minimum Gasteiger partial charge on any atom is -0.320 e. The van der Waals surface area contributed by atoms with Crippen LogP contribution in [0.15, 0.2) is 73.1 Å². The molecule has 11 heteroatoms. The van der Waals surface area contributed by atoms with Gasteiger partial charge in [0, 0.05) is 29.2 Å². The Balaban J connectivity index is 1.65. The van der Waals surface area contributed by atoms with Crippen LogP contribution in [0.25, 0.3) is 16.8 Å². The summed E-state index contributed by atoms with van der Waals surface area (Å²) in [4.78, 5) is 16.4. The number of benzene rings is 2. The topological polar surface area (TPSA) is 59.8 Å². The monoisotopic (exact) mass is 476 g/mol. The number of rotatable bonds is 5. The highest BCUT2D eigenvalue weighted by molar-refractivity contribution is 6.06. The van der Waals surface area contributed by atoms with Crippen molar-refractivity contribution >= 4 is 11.6 Å². The van der Waals surface area contributed by atoms with E-state index in [9.17, 15) is 31.1 Å². The van der Waals surface area contributed by atoms with Crippen LogP contribution in [0.1, 0.15) is 28.2 Å². The zero-order valence-electron chi connectivity index (χ0n) is 17.0. The molecule has 174 valence electrons. The maximum absolute atomic E-state index is 14.8. The molecular weight excluding hydrogens is 462 g/mol. The highest BCUT2D eigenvalue weighted by Gasteiger charge is 2.33. The van der Waals surface area contributed by atoms with Crippen molar-refractivity contribution in [2.45, 2.75) is 12.6 Å². The van der Waals surface area contributed by atoms with Crippen LogP contribution in [0, 0.1) is 5.82 Å². The van der Waals surface area contributed by atoms with E-state index in [1.165, 1.54) is 30.5 Å². The number of nitrogens with one attached hydrogen (secondary N) is 1. The molecule has 0 saturated carbocycles. The molecule has 0 bridgehead atoms. The number of pyridine rings is 1. The zero-order valence-corrected chi connectivity index (χ0v) is 17.0. The molecule has 2 aromatic carbocycles. The number of hydrogen-bond donors (Lipinski definition) is 1. The van der Waals surface area contributed by atoms with Gasteiger partial charge in [-0.25, -0.2) is 17.9 Å². The van der Waals surface area contributed by atoms with Crippen molar-refractivity contribution in [3.05, 3.63) is 95.8 Å². The molecule has 0 spiro atoms. The molecule has 0 atom stereocenters. The summed E-state index contributed by atoms with van der Waals surface area (Å²) in [5, 5.41) is 5.86. The Labute approximate surface area is 188 Å². The van der Waals surface area contributed by atoms with Gasteiger partial charge in [0.25, 0.3) is 12.3 Å². The third-order valence-corrected chi connectivity index (χ3v) is 4.85. The van der Waals surface area contributed by atoms with Gasteiger partial charge in [0.05, 0.1) is 0 Å². The van der Waals surface area contributed by atoms with Gasteiger partial charge in [0.1, 0.15) is 17.2 Å². The summed E-state index contributed by atoms with van der Waals surface area (Å²) >= 11 is 0. The molecule has 0 fully saturated rings. The van der Waals surface area contributed by atoms with Crippen LogP contribution in [0.4, 0.5) is 32.0 Å². The van der Waals surface area contributed by atoms with Crippen molar-refractivity contribution in [3.63, 3.8) is 0 Å². The predicted molar refractivity (Wildman–Crippen MR) is 111 cm³/mol. The lowest BCUT2D eigenvalue weighted by Crippen LogP contribution is -2.16. The lowest BCUT2D eigenvalue weighted by atomic mass is 10.0. The normalized spacial score (nSPS) is 11.6. The number of aromatic nitrogens is 3. The number of carbonyl (C=O) groups is 1. The molecule has 2 aromatic heterocycles. The molecule has 2 heterocycles. The Morgan fingerprint density at radius 1 is 1.00 bits per heavy atom. The van der Waals surface area contributed by atoms with Crippen LogP contribution < -0.4 is 5.32 Å². The summed E-state index contributed by atoms with van der Waals surface area (Å²) in [6.07, 6.45) is -5.38. The molecule has 4 rings (SSSR count). The number of carbonyl (C=O) groups excluding carboxylic acids is 1. The average molecular weight is 476 g/mol. The van der Waals surface area contributed by atoms with Crippen LogP contribution >= 0.6 is 0 Å². The van der Waals surface area contributed by atoms with Crippen LogP contribution in [-0.4, -0.2) is 20.7 Å². The zero-order chi connectivity index (χ0) is 24.5. The van der Waals surface area contributed by atoms with Gasteiger partial charge >= 0.3 is 6.18 Å². The molecule has 0 aliphatic heterocycles. The maximum Gasteiger partial charge on any atom is 0.435 e. The average Bonchev–Trinajstić information content (AvgIpc) is 3.30. The van der Waals surface area contributed by atoms with Gasteiger partial charge in [-0.3, -0.25) is 9.78 Å². The van der Waals surface area contributed by atoms with Gasteiger partial charge in [0.2, 0.25) is 0 Å². The molecule has 0 saturated heterocycles. The number of nitrogens with zero attached hydrogens (tertiary/aromatic N) is 3. The molecule has 0 aliphatic carbocycles. The summed E-state index contributed by atoms with van der Waals surface area (Å²) < 4.78 is 80.4. The fourth-order valence-corrected chi connectivity index (χ4v) is 3.28. The molecule has 4 aromatic rings. The summed E-state index contributed by atoms with van der Waals surface area (Å²) in [6, 6.07) is 13.1. The number of amides is 1. The van der Waals surface area contributed by atoms with Crippen LogP contribution in [0.5, 0.6) is 0 Å². The van der Waals surface area contributed by atoms with Crippen molar-refractivity contribution in [1.82, 2.24) is 14.8 Å². The van der Waals surface area contributed by atoms with E-state index >= 15 is 0 Å². The first-order valence-electron chi connectivity index (χ1n) is 9.72. The van der Waals surface area contributed by atoms with Crippen molar-refractivity contribution < 1.29 is 31.1 Å². The van der Waals surface area contributed by atoms with E-state index in [-0.39, 0.29) is 16.9 Å². The number of halogens is 6. The minimum atomic E-state index is -4.67. The fraction of sp³-hybridized carbons (Fsp3) is 0.0870. The van der Waals surface area contributed by atoms with Crippen molar-refractivity contribution in [2.75, 3.05) is 5.32 Å². The Morgan fingerprint density at radius 2 is 1.76 bits per heavy atom. The number of alkyl halides is 5. The third-order valence-electron chi connectivity index (χ3n) is 4.85. The lowest BCUT2D eigenvalue weighted by Gasteiger charge is -2.13. The van der Waals surface area contributed by atoms with E-state index in [4.69, 9.17) is 0 Å². The Hall–Kier alpha value is -4.15. The lowest BCUT2D eigenvalue weighted by molar-refractivity contribution is -0.141. The van der Waals surface area contributed by atoms with Gasteiger partial charge in [-0.1, -0.05) is 24.3 Å². The molecule has 1 amide bonds. The van der Waals surface area contributed by atoms with Crippen molar-refractivity contribution in [3.8, 4) is 16.8 Å². The fourth-order valence-electron chi connectivity index (χ4n) is 3.28. The van der Waals surface area contributed by atoms with Gasteiger partial charge < -0.3 is 5.32 Å². The Bertz CT molecular complexity index is 1350. The molecule has 0 radical (unpaired) electrons. The van der Waals surface area contributed by atoms with E-state index in [2.05, 4.69) is 15.4 Å². The maximum atomic E-state index is 14.8. The molecule has 34 heavy (non-hydrogen) atoms. The molecule has 1 N–H and O–H groups in total. The summed E-state index contributed by atoms with van der Waals surface area (Å²) in [6.45, 7) is 0. The van der Waals surface area contributed by atoms with Gasteiger partial charge in [-0.05, 0) is 42.0 Å². The molecule has 0 aliphatic rings. The second-order valence-electron chi connectivity index (χ2n) is 7.05. The van der Waals surface area contributed by atoms with E-state index in [1.54, 1.807) is 18.2 Å². The van der Waals surface area contributed by atoms with Crippen LogP contribution in [0.3, 0.4) is 0 Å². The number of hydrogen-bond acceptors (Lipinski definition) is 3. The quantitative estimate of drug-likeness (QED) is 0.345. The van der Waals surface area contributed by atoms with Gasteiger partial charge in [-0.2, -0.15) is 18.3 Å². The molecule has 0 unspecified atom stereocenters. The van der Waals surface area contributed by atoms with E-state index in [0.29, 0.717) is 5.56 Å². The summed E-state index contributed by atoms with van der Waals surface area (Å²) in [5.74, 6) is -1.74. The van der Waals surface area contributed by atoms with Crippen LogP contribution in [-0.2, 0) is 6.18 Å². The third kappa shape index (κ3) is 4.63. The Kier molecular flexibility index (Phi) is 6.10. The first-order chi connectivity index (χ1) is 16.1. The van der Waals surface area contributed by atoms with E-state index in [0.717, 1.165) is 29.1 Å². The highest BCUT2D eigenvalue weighted by atomic mass is 19.4. The second-order valence-corrected chi connectivity index (χ2v) is 7.05. The second kappa shape index (κ2) is 9.00. The van der Waals surface area contributed by atoms with Crippen molar-refractivity contribution in [2.24, 2.45) is 0 Å². The van der Waals surface area contributed by atoms with Crippen molar-refractivity contribution in [1.29, 1.82) is 0 Å². The first kappa shape index (κ1) is 23.0. The smallest absolute Gasteiger partial charge is 0.320 e. The minimum absolute atomic E-state index is 0.198. The van der Waals surface area contributed by atoms with Crippen LogP contribution in [0.2, 0.25) is 0 Å². The Morgan fingerprint density at radius 3 is 2.44 bits per heavy atom. The SMILES string of the molecule is O=C(Nc1ccccc1-c1ccc(-n2ccc(C(F)(F)F)n2)c(F)c1)c1ncccc1C(F)F. The number of para-hydroxylation sites is 1. The molecule has 5 nitrogen and oxygen atoms in total. The molecular formula is C23H14F6N4O. The van der Waals surface area contributed by atoms with E-state index < -0.39 is 41.3 Å². The van der Waals surface area contributed by atoms with Gasteiger partial charge in [-0.15, -0.1) is 0 Å². The standard InChI is InChI=1S/C23H14F6N4O/c24-16-12-13(7-8-18(16)33-11-9-19(32-33)23(27,28)29)14-4-1-2-6-17(14)31-22(34)20-15(21(25)26)5-3-10-30-20/h1-12,21H,(H,31,34). The predicted octanol–water partition coefficient (Wildman–Crippen LogP) is 6.28. The first-order valence-corrected chi connectivity index (χ1v) is 9.72. The summed E-state index contributed by atoms with van der Waals surface area (Å²) in [5.41, 5.74) is -1.53. The van der Waals surface area contributed by atoms with Gasteiger partial charge in [0.15, 0.2) is 5.69 Å².